The summed E-state index contributed by atoms with van der Waals surface area (Å²) in [6, 6.07) is 8.74. The first kappa shape index (κ1) is 18.0. The molecule has 2 N–H and O–H groups in total. The van der Waals surface area contributed by atoms with Gasteiger partial charge in [-0.15, -0.1) is 0 Å². The zero-order valence-electron chi connectivity index (χ0n) is 13.4. The Morgan fingerprint density at radius 1 is 1.32 bits per heavy atom. The van der Waals surface area contributed by atoms with E-state index in [2.05, 4.69) is 17.2 Å². The SMILES string of the molecule is CO[C@H](C#Cc1ccccc1)[C@H](CO)NC(=O)OC(C)(C)C. The molecule has 0 aliphatic carbocycles. The smallest absolute Gasteiger partial charge is 0.408 e. The van der Waals surface area contributed by atoms with Gasteiger partial charge >= 0.3 is 6.09 Å². The number of methoxy groups -OCH3 is 1. The van der Waals surface area contributed by atoms with Crippen LogP contribution in [0.2, 0.25) is 0 Å². The van der Waals surface area contributed by atoms with Crippen LogP contribution in [0.15, 0.2) is 30.3 Å². The summed E-state index contributed by atoms with van der Waals surface area (Å²) < 4.78 is 10.4. The molecular weight excluding hydrogens is 282 g/mol. The Morgan fingerprint density at radius 3 is 2.45 bits per heavy atom. The van der Waals surface area contributed by atoms with Crippen LogP contribution in [0.4, 0.5) is 4.79 Å². The molecule has 0 unspecified atom stereocenters. The quantitative estimate of drug-likeness (QED) is 0.834. The molecular formula is C17H23NO4. The predicted molar refractivity (Wildman–Crippen MR) is 84.4 cm³/mol. The first-order chi connectivity index (χ1) is 10.4. The van der Waals surface area contributed by atoms with Crippen LogP contribution in [0.3, 0.4) is 0 Å². The average molecular weight is 305 g/mol. The summed E-state index contributed by atoms with van der Waals surface area (Å²) in [5.41, 5.74) is 0.223. The van der Waals surface area contributed by atoms with Crippen molar-refractivity contribution in [3.63, 3.8) is 0 Å². The van der Waals surface area contributed by atoms with Crippen LogP contribution in [-0.4, -0.2) is 42.7 Å². The van der Waals surface area contributed by atoms with Gasteiger partial charge in [-0.1, -0.05) is 30.0 Å². The molecule has 0 radical (unpaired) electrons. The molecule has 5 nitrogen and oxygen atoms in total. The fourth-order valence-corrected chi connectivity index (χ4v) is 1.68. The molecule has 0 bridgehead atoms. The van der Waals surface area contributed by atoms with E-state index >= 15 is 0 Å². The maximum Gasteiger partial charge on any atom is 0.408 e. The van der Waals surface area contributed by atoms with E-state index in [1.165, 1.54) is 7.11 Å². The summed E-state index contributed by atoms with van der Waals surface area (Å²) in [5.74, 6) is 5.86. The third-order valence-electron chi connectivity index (χ3n) is 2.65. The van der Waals surface area contributed by atoms with Crippen LogP contribution < -0.4 is 5.32 Å². The van der Waals surface area contributed by atoms with Gasteiger partial charge in [0.2, 0.25) is 0 Å². The molecule has 1 aromatic rings. The minimum absolute atomic E-state index is 0.304. The topological polar surface area (TPSA) is 67.8 Å². The van der Waals surface area contributed by atoms with Crippen molar-refractivity contribution in [3.05, 3.63) is 35.9 Å². The summed E-state index contributed by atoms with van der Waals surface area (Å²) >= 11 is 0. The van der Waals surface area contributed by atoms with Crippen molar-refractivity contribution in [3.8, 4) is 11.8 Å². The Morgan fingerprint density at radius 2 is 1.95 bits per heavy atom. The minimum atomic E-state index is -0.670. The molecule has 0 aliphatic heterocycles. The molecule has 0 heterocycles. The fourth-order valence-electron chi connectivity index (χ4n) is 1.68. The first-order valence-electron chi connectivity index (χ1n) is 7.05. The molecule has 5 heteroatoms. The van der Waals surface area contributed by atoms with E-state index in [1.807, 2.05) is 30.3 Å². The lowest BCUT2D eigenvalue weighted by Gasteiger charge is -2.25. The number of benzene rings is 1. The van der Waals surface area contributed by atoms with Gasteiger partial charge in [-0.3, -0.25) is 0 Å². The number of alkyl carbamates (subject to hydrolysis) is 1. The number of carbonyl (C=O) groups excluding carboxylic acids is 1. The van der Waals surface area contributed by atoms with Crippen LogP contribution in [0.1, 0.15) is 26.3 Å². The highest BCUT2D eigenvalue weighted by atomic mass is 16.6. The van der Waals surface area contributed by atoms with E-state index in [4.69, 9.17) is 9.47 Å². The number of carbonyl (C=O) groups is 1. The van der Waals surface area contributed by atoms with Crippen LogP contribution in [0.25, 0.3) is 0 Å². The van der Waals surface area contributed by atoms with Crippen molar-refractivity contribution in [2.24, 2.45) is 0 Å². The van der Waals surface area contributed by atoms with Crippen molar-refractivity contribution >= 4 is 6.09 Å². The van der Waals surface area contributed by atoms with E-state index in [1.54, 1.807) is 20.8 Å². The number of amides is 1. The van der Waals surface area contributed by atoms with Gasteiger partial charge in [-0.25, -0.2) is 4.79 Å². The maximum absolute atomic E-state index is 11.8. The fraction of sp³-hybridized carbons (Fsp3) is 0.471. The number of rotatable bonds is 4. The molecule has 1 amide bonds. The van der Waals surface area contributed by atoms with Gasteiger partial charge in [0.25, 0.3) is 0 Å². The van der Waals surface area contributed by atoms with Gasteiger partial charge in [0, 0.05) is 12.7 Å². The summed E-state index contributed by atoms with van der Waals surface area (Å²) in [6.45, 7) is 5.00. The zero-order chi connectivity index (χ0) is 16.6. The maximum atomic E-state index is 11.8. The highest BCUT2D eigenvalue weighted by Crippen LogP contribution is 2.08. The molecule has 22 heavy (non-hydrogen) atoms. The van der Waals surface area contributed by atoms with Crippen molar-refractivity contribution in [2.45, 2.75) is 38.5 Å². The summed E-state index contributed by atoms with van der Waals surface area (Å²) in [7, 11) is 1.48. The van der Waals surface area contributed by atoms with E-state index in [0.717, 1.165) is 5.56 Å². The highest BCUT2D eigenvalue weighted by molar-refractivity contribution is 5.68. The summed E-state index contributed by atoms with van der Waals surface area (Å²) in [6.07, 6.45) is -1.26. The number of ether oxygens (including phenoxy) is 2. The molecule has 0 aliphatic rings. The number of hydrogen-bond donors (Lipinski definition) is 2. The van der Waals surface area contributed by atoms with Crippen LogP contribution in [0, 0.1) is 11.8 Å². The third kappa shape index (κ3) is 6.61. The predicted octanol–water partition coefficient (Wildman–Crippen LogP) is 1.94. The normalized spacial score (nSPS) is 13.5. The number of hydrogen-bond acceptors (Lipinski definition) is 4. The second-order valence-electron chi connectivity index (χ2n) is 5.73. The number of aliphatic hydroxyl groups excluding tert-OH is 1. The van der Waals surface area contributed by atoms with Gasteiger partial charge in [0.1, 0.15) is 11.7 Å². The molecule has 1 aromatic carbocycles. The average Bonchev–Trinajstić information content (AvgIpc) is 2.45. The monoisotopic (exact) mass is 305 g/mol. The summed E-state index contributed by atoms with van der Waals surface area (Å²) in [4.78, 5) is 11.8. The molecule has 0 saturated carbocycles. The zero-order valence-corrected chi connectivity index (χ0v) is 13.4. The van der Waals surface area contributed by atoms with Crippen molar-refractivity contribution in [1.29, 1.82) is 0 Å². The molecule has 1 rings (SSSR count). The van der Waals surface area contributed by atoms with Crippen LogP contribution >= 0.6 is 0 Å². The van der Waals surface area contributed by atoms with E-state index in [-0.39, 0.29) is 6.61 Å². The molecule has 0 fully saturated rings. The second kappa shape index (κ2) is 8.42. The van der Waals surface area contributed by atoms with Crippen LogP contribution in [-0.2, 0) is 9.47 Å². The molecule has 2 atom stereocenters. The largest absolute Gasteiger partial charge is 0.444 e. The lowest BCUT2D eigenvalue weighted by Crippen LogP contribution is -2.47. The standard InChI is InChI=1S/C17H23NO4/c1-17(2,3)22-16(20)18-14(12-19)15(21-4)11-10-13-8-6-5-7-9-13/h5-9,14-15,19H,12H2,1-4H3,(H,18,20)/t14-,15+/m0/s1. The molecule has 0 spiro atoms. The van der Waals surface area contributed by atoms with E-state index in [9.17, 15) is 9.90 Å². The van der Waals surface area contributed by atoms with Crippen molar-refractivity contribution in [1.82, 2.24) is 5.32 Å². The number of aliphatic hydroxyl groups is 1. The molecule has 0 aromatic heterocycles. The highest BCUT2D eigenvalue weighted by Gasteiger charge is 2.24. The van der Waals surface area contributed by atoms with Gasteiger partial charge < -0.3 is 19.9 Å². The summed E-state index contributed by atoms with van der Waals surface area (Å²) in [5, 5.41) is 12.0. The Balaban J connectivity index is 2.74. The van der Waals surface area contributed by atoms with Gasteiger partial charge in [0.15, 0.2) is 0 Å². The number of nitrogens with one attached hydrogen (secondary N) is 1. The van der Waals surface area contributed by atoms with E-state index < -0.39 is 23.8 Å². The Labute approximate surface area is 131 Å². The molecule has 120 valence electrons. The van der Waals surface area contributed by atoms with Gasteiger partial charge in [-0.2, -0.15) is 0 Å². The molecule has 0 saturated heterocycles. The lowest BCUT2D eigenvalue weighted by molar-refractivity contribution is 0.0357. The Bertz CT molecular complexity index is 525. The lowest BCUT2D eigenvalue weighted by atomic mass is 10.1. The van der Waals surface area contributed by atoms with Gasteiger partial charge in [-0.05, 0) is 32.9 Å². The minimum Gasteiger partial charge on any atom is -0.444 e. The first-order valence-corrected chi connectivity index (χ1v) is 7.05. The third-order valence-corrected chi connectivity index (χ3v) is 2.65. The van der Waals surface area contributed by atoms with E-state index in [0.29, 0.717) is 0 Å². The second-order valence-corrected chi connectivity index (χ2v) is 5.73. The Kier molecular flexibility index (Phi) is 6.90. The van der Waals surface area contributed by atoms with Gasteiger partial charge in [0.05, 0.1) is 12.6 Å². The van der Waals surface area contributed by atoms with Crippen molar-refractivity contribution < 1.29 is 19.4 Å². The van der Waals surface area contributed by atoms with Crippen molar-refractivity contribution in [2.75, 3.05) is 13.7 Å². The Hall–Kier alpha value is -2.03. The van der Waals surface area contributed by atoms with Crippen LogP contribution in [0.5, 0.6) is 0 Å².